The van der Waals surface area contributed by atoms with E-state index in [1.165, 1.54) is 108 Å². The van der Waals surface area contributed by atoms with Crippen LogP contribution in [0.1, 0.15) is 0 Å². The zero-order valence-electron chi connectivity index (χ0n) is 41.4. The fraction of sp³-hybridized carbons (Fsp3) is 0. The van der Waals surface area contributed by atoms with Crippen LogP contribution in [0.25, 0.3) is 72.0 Å². The van der Waals surface area contributed by atoms with Crippen molar-refractivity contribution in [1.29, 1.82) is 0 Å². The molecule has 1 aliphatic rings. The number of rotatable bonds is 7. The van der Waals surface area contributed by atoms with E-state index in [0.717, 1.165) is 5.69 Å². The van der Waals surface area contributed by atoms with Gasteiger partial charge >= 0.3 is 0 Å². The Kier molecular flexibility index (Phi) is 10.9. The van der Waals surface area contributed by atoms with Gasteiger partial charge in [0.05, 0.1) is 16.7 Å². The van der Waals surface area contributed by atoms with Crippen molar-refractivity contribution in [3.8, 4) is 50.2 Å². The molecule has 14 rings (SSSR count). The quantitative estimate of drug-likeness (QED) is 0.140. The fourth-order valence-electron chi connectivity index (χ4n) is 13.1. The SMILES string of the molecule is c1ccc([Si]2(c3ccccc3)c3ccccc3-c3ccc(-c4ccccc4-c4ccccc4-n4c5ccccc5c5ccccc54)cc3-c3ccccc3[Si](c3ccccc3)(c3ccccc3)c3ccccc32)cc1. The summed E-state index contributed by atoms with van der Waals surface area (Å²) in [5.41, 5.74) is 13.3. The van der Waals surface area contributed by atoms with Crippen LogP contribution in [0.3, 0.4) is 0 Å². The summed E-state index contributed by atoms with van der Waals surface area (Å²) in [6.07, 6.45) is 0. The van der Waals surface area contributed by atoms with Gasteiger partial charge in [-0.25, -0.2) is 0 Å². The third-order valence-electron chi connectivity index (χ3n) is 16.1. The van der Waals surface area contributed by atoms with Gasteiger partial charge in [0, 0.05) is 16.3 Å². The summed E-state index contributed by atoms with van der Waals surface area (Å²) in [4.78, 5) is 0. The average Bonchev–Trinajstić information content (AvgIpc) is 3.87. The Hall–Kier alpha value is -9.13. The number of para-hydroxylation sites is 3. The van der Waals surface area contributed by atoms with E-state index < -0.39 is 16.1 Å². The fourth-order valence-corrected chi connectivity index (χ4v) is 24.3. The maximum atomic E-state index is 2.53. The summed E-state index contributed by atoms with van der Waals surface area (Å²) in [5.74, 6) is 0. The van der Waals surface area contributed by atoms with Crippen LogP contribution < -0.4 is 41.5 Å². The van der Waals surface area contributed by atoms with Crippen LogP contribution in [0.4, 0.5) is 0 Å². The number of hydrogen-bond donors (Lipinski definition) is 0. The van der Waals surface area contributed by atoms with Crippen LogP contribution in [-0.4, -0.2) is 20.7 Å². The van der Waals surface area contributed by atoms with Crippen LogP contribution in [0.5, 0.6) is 0 Å². The topological polar surface area (TPSA) is 4.93 Å². The van der Waals surface area contributed by atoms with Gasteiger partial charge in [-0.05, 0) is 105 Å². The smallest absolute Gasteiger partial charge is 0.180 e. The minimum absolute atomic E-state index is 1.16. The van der Waals surface area contributed by atoms with Gasteiger partial charge in [-0.15, -0.1) is 0 Å². The first-order valence-electron chi connectivity index (χ1n) is 26.1. The number of hydrogen-bond acceptors (Lipinski definition) is 0. The molecule has 0 N–H and O–H groups in total. The van der Waals surface area contributed by atoms with Crippen LogP contribution in [0.2, 0.25) is 0 Å². The third kappa shape index (κ3) is 6.89. The van der Waals surface area contributed by atoms with Crippen molar-refractivity contribution >= 4 is 79.4 Å². The summed E-state index contributed by atoms with van der Waals surface area (Å²) in [6.45, 7) is 0. The summed E-state index contributed by atoms with van der Waals surface area (Å²) in [6, 6.07) is 118. The van der Waals surface area contributed by atoms with E-state index in [1.54, 1.807) is 0 Å². The Morgan fingerprint density at radius 3 is 1.03 bits per heavy atom. The van der Waals surface area contributed by atoms with Crippen LogP contribution in [-0.2, 0) is 0 Å². The summed E-state index contributed by atoms with van der Waals surface area (Å²) in [7, 11) is -6.50. The molecule has 0 spiro atoms. The third-order valence-corrected chi connectivity index (χ3v) is 26.1. The number of aromatic nitrogens is 1. The van der Waals surface area contributed by atoms with Gasteiger partial charge in [0.1, 0.15) is 0 Å². The number of fused-ring (bicyclic) bond motifs is 9. The molecular formula is C72H51NSi2. The van der Waals surface area contributed by atoms with Crippen molar-refractivity contribution in [2.75, 3.05) is 0 Å². The molecule has 0 amide bonds. The first kappa shape index (κ1) is 44.6. The van der Waals surface area contributed by atoms with Crippen LogP contribution in [0, 0.1) is 0 Å². The Morgan fingerprint density at radius 1 is 0.213 bits per heavy atom. The van der Waals surface area contributed by atoms with Gasteiger partial charge in [-0.2, -0.15) is 0 Å². The summed E-state index contributed by atoms with van der Waals surface area (Å²) < 4.78 is 2.46. The van der Waals surface area contributed by atoms with Crippen molar-refractivity contribution in [2.24, 2.45) is 0 Å². The molecule has 13 aromatic rings. The van der Waals surface area contributed by atoms with E-state index in [1.807, 2.05) is 0 Å². The molecule has 0 radical (unpaired) electrons. The van der Waals surface area contributed by atoms with Gasteiger partial charge < -0.3 is 4.57 Å². The maximum absolute atomic E-state index is 3.27. The minimum Gasteiger partial charge on any atom is -0.309 e. The maximum Gasteiger partial charge on any atom is 0.180 e. The Morgan fingerprint density at radius 2 is 0.547 bits per heavy atom. The van der Waals surface area contributed by atoms with Gasteiger partial charge in [0.25, 0.3) is 0 Å². The molecule has 0 aliphatic carbocycles. The Labute approximate surface area is 441 Å². The van der Waals surface area contributed by atoms with Crippen molar-refractivity contribution < 1.29 is 0 Å². The normalized spacial score (nSPS) is 13.3. The molecular weight excluding hydrogens is 935 g/mol. The highest BCUT2D eigenvalue weighted by molar-refractivity contribution is 7.27. The molecule has 0 saturated carbocycles. The average molecular weight is 986 g/mol. The highest BCUT2D eigenvalue weighted by Gasteiger charge is 2.51. The molecule has 352 valence electrons. The first-order valence-corrected chi connectivity index (χ1v) is 30.1. The second-order valence-electron chi connectivity index (χ2n) is 19.8. The van der Waals surface area contributed by atoms with E-state index in [0.29, 0.717) is 0 Å². The largest absolute Gasteiger partial charge is 0.309 e. The van der Waals surface area contributed by atoms with Gasteiger partial charge in [-0.1, -0.05) is 285 Å². The molecule has 0 saturated heterocycles. The molecule has 0 fully saturated rings. The van der Waals surface area contributed by atoms with E-state index in [2.05, 4.69) is 314 Å². The molecule has 1 aromatic heterocycles. The van der Waals surface area contributed by atoms with E-state index in [-0.39, 0.29) is 0 Å². The lowest BCUT2D eigenvalue weighted by Gasteiger charge is -2.44. The molecule has 1 nitrogen and oxygen atoms in total. The molecule has 0 bridgehead atoms. The highest BCUT2D eigenvalue weighted by atomic mass is 28.3. The zero-order valence-corrected chi connectivity index (χ0v) is 43.4. The Bertz CT molecular complexity index is 4110. The minimum atomic E-state index is -3.27. The molecule has 12 aromatic carbocycles. The van der Waals surface area contributed by atoms with Crippen LogP contribution >= 0.6 is 0 Å². The highest BCUT2D eigenvalue weighted by Crippen LogP contribution is 2.42. The number of benzene rings is 12. The second kappa shape index (κ2) is 18.4. The number of nitrogens with zero attached hydrogens (tertiary/aromatic N) is 1. The second-order valence-corrected chi connectivity index (χ2v) is 27.3. The van der Waals surface area contributed by atoms with Gasteiger partial charge in [0.15, 0.2) is 16.1 Å². The molecule has 75 heavy (non-hydrogen) atoms. The predicted molar refractivity (Wildman–Crippen MR) is 323 cm³/mol. The van der Waals surface area contributed by atoms with Crippen molar-refractivity contribution in [3.05, 3.63) is 309 Å². The lowest BCUT2D eigenvalue weighted by atomic mass is 9.88. The molecule has 0 unspecified atom stereocenters. The van der Waals surface area contributed by atoms with Crippen LogP contribution in [0.15, 0.2) is 309 Å². The molecule has 0 atom stereocenters. The molecule has 3 heteroatoms. The van der Waals surface area contributed by atoms with Crippen molar-refractivity contribution in [1.82, 2.24) is 4.57 Å². The lowest BCUT2D eigenvalue weighted by Crippen LogP contribution is -2.85. The zero-order chi connectivity index (χ0) is 49.8. The van der Waals surface area contributed by atoms with E-state index in [4.69, 9.17) is 0 Å². The van der Waals surface area contributed by atoms with Gasteiger partial charge in [0.2, 0.25) is 0 Å². The van der Waals surface area contributed by atoms with E-state index in [9.17, 15) is 0 Å². The van der Waals surface area contributed by atoms with Crippen molar-refractivity contribution in [3.63, 3.8) is 0 Å². The Balaban J connectivity index is 1.12. The standard InChI is InChI=1S/C72H51NSi2/c1-5-27-53(28-6-1)74(54-29-7-2-8-30-54)69-45-23-18-40-63(69)59-50-49-52(57-35-13-14-36-58(57)60-37-15-20-42-66(60)73-67-43-21-16-38-61(67)62-39-17-22-44-68(62)73)51-65(59)64-41-19-24-46-70(64)75(55-31-9-3-10-32-55,56-33-11-4-12-34-56)72-48-26-25-47-71(72)74/h1-51H. The van der Waals surface area contributed by atoms with Gasteiger partial charge in [-0.3, -0.25) is 0 Å². The lowest BCUT2D eigenvalue weighted by molar-refractivity contribution is 1.18. The summed E-state index contributed by atoms with van der Waals surface area (Å²) in [5, 5.41) is 13.6. The molecule has 1 aliphatic heterocycles. The monoisotopic (exact) mass is 985 g/mol. The molecule has 2 heterocycles. The van der Waals surface area contributed by atoms with Crippen molar-refractivity contribution in [2.45, 2.75) is 0 Å². The summed E-state index contributed by atoms with van der Waals surface area (Å²) >= 11 is 0. The first-order chi connectivity index (χ1) is 37.3. The van der Waals surface area contributed by atoms with E-state index >= 15 is 0 Å². The predicted octanol–water partition coefficient (Wildman–Crippen LogP) is 12.5.